The van der Waals surface area contributed by atoms with Crippen molar-refractivity contribution in [1.82, 2.24) is 4.90 Å². The molecular weight excluding hydrogens is 450 g/mol. The van der Waals surface area contributed by atoms with Gasteiger partial charge in [0.05, 0.1) is 17.6 Å². The van der Waals surface area contributed by atoms with E-state index in [0.717, 1.165) is 18.0 Å². The largest absolute Gasteiger partial charge is 0.481 e. The predicted octanol–water partition coefficient (Wildman–Crippen LogP) is 3.73. The minimum Gasteiger partial charge on any atom is -0.481 e. The number of carbonyl (C=O) groups excluding carboxylic acids is 2. The Labute approximate surface area is 203 Å². The maximum atomic E-state index is 12.7. The van der Waals surface area contributed by atoms with Crippen LogP contribution in [0.1, 0.15) is 12.8 Å². The summed E-state index contributed by atoms with van der Waals surface area (Å²) in [7, 11) is 0. The van der Waals surface area contributed by atoms with Crippen molar-refractivity contribution in [2.45, 2.75) is 17.7 Å². The molecule has 2 aliphatic rings. The number of rotatable bonds is 7. The maximum Gasteiger partial charge on any atom is 0.307 e. The fraction of sp³-hybridized carbons (Fsp3) is 0.346. The Morgan fingerprint density at radius 2 is 1.62 bits per heavy atom. The van der Waals surface area contributed by atoms with E-state index in [0.29, 0.717) is 37.4 Å². The van der Waals surface area contributed by atoms with Crippen LogP contribution in [0.4, 0.5) is 11.4 Å². The standard InChI is InChI=1S/C26H29N3O4S/c30-24(29-15-13-28(14-16-29)20-8-2-1-3-9-20)18-34-21-10-6-7-19(17-21)27-25(31)22-11-4-5-12-23(22)26(32)33/h1-10,17,22-23H,11-16,18H2,(H,27,31)(H,32,33). The SMILES string of the molecule is O=C(O)C1CC=CCC1C(=O)Nc1cccc(SCC(=O)N2CCN(c3ccccc3)CC2)c1. The number of hydrogen-bond donors (Lipinski definition) is 2. The second kappa shape index (κ2) is 11.2. The van der Waals surface area contributed by atoms with E-state index in [9.17, 15) is 19.5 Å². The van der Waals surface area contributed by atoms with Gasteiger partial charge in [0.1, 0.15) is 0 Å². The van der Waals surface area contributed by atoms with Gasteiger partial charge in [0.2, 0.25) is 11.8 Å². The van der Waals surface area contributed by atoms with Crippen molar-refractivity contribution in [3.63, 3.8) is 0 Å². The molecule has 2 amide bonds. The Morgan fingerprint density at radius 3 is 2.32 bits per heavy atom. The molecule has 2 aromatic rings. The number of benzene rings is 2. The number of allylic oxidation sites excluding steroid dienone is 2. The third-order valence-electron chi connectivity index (χ3n) is 6.30. The molecule has 2 unspecified atom stereocenters. The molecule has 1 heterocycles. The molecule has 1 aliphatic heterocycles. The molecule has 2 aromatic carbocycles. The van der Waals surface area contributed by atoms with Gasteiger partial charge < -0.3 is 20.2 Å². The number of para-hydroxylation sites is 1. The van der Waals surface area contributed by atoms with Crippen LogP contribution < -0.4 is 10.2 Å². The van der Waals surface area contributed by atoms with Gasteiger partial charge >= 0.3 is 5.97 Å². The van der Waals surface area contributed by atoms with Crippen LogP contribution in [-0.2, 0) is 14.4 Å². The molecule has 0 saturated carbocycles. The number of anilines is 2. The molecule has 0 radical (unpaired) electrons. The van der Waals surface area contributed by atoms with Gasteiger partial charge in [0, 0.05) is 42.4 Å². The summed E-state index contributed by atoms with van der Waals surface area (Å²) in [6.45, 7) is 3.03. The van der Waals surface area contributed by atoms with Crippen LogP contribution in [0.15, 0.2) is 71.6 Å². The fourth-order valence-corrected chi connectivity index (χ4v) is 5.22. The number of nitrogens with one attached hydrogen (secondary N) is 1. The summed E-state index contributed by atoms with van der Waals surface area (Å²) < 4.78 is 0. The van der Waals surface area contributed by atoms with E-state index >= 15 is 0 Å². The summed E-state index contributed by atoms with van der Waals surface area (Å²) in [6.07, 6.45) is 4.47. The van der Waals surface area contributed by atoms with E-state index in [1.807, 2.05) is 53.5 Å². The van der Waals surface area contributed by atoms with E-state index in [4.69, 9.17) is 0 Å². The van der Waals surface area contributed by atoms with E-state index in [-0.39, 0.29) is 11.8 Å². The molecule has 0 bridgehead atoms. The molecule has 4 rings (SSSR count). The third kappa shape index (κ3) is 5.99. The van der Waals surface area contributed by atoms with Crippen LogP contribution >= 0.6 is 11.8 Å². The highest BCUT2D eigenvalue weighted by Crippen LogP contribution is 2.28. The Balaban J connectivity index is 1.27. The maximum absolute atomic E-state index is 12.7. The Bertz CT molecular complexity index is 1050. The summed E-state index contributed by atoms with van der Waals surface area (Å²) in [5.41, 5.74) is 1.79. The van der Waals surface area contributed by atoms with Gasteiger partial charge in [-0.05, 0) is 43.2 Å². The lowest BCUT2D eigenvalue weighted by atomic mass is 9.82. The number of amides is 2. The molecule has 7 nitrogen and oxygen atoms in total. The van der Waals surface area contributed by atoms with Gasteiger partial charge in [-0.3, -0.25) is 14.4 Å². The second-order valence-corrected chi connectivity index (χ2v) is 9.55. The third-order valence-corrected chi connectivity index (χ3v) is 7.28. The molecule has 2 atom stereocenters. The molecule has 1 aliphatic carbocycles. The first kappa shape index (κ1) is 23.9. The zero-order valence-electron chi connectivity index (χ0n) is 18.9. The Morgan fingerprint density at radius 1 is 0.912 bits per heavy atom. The van der Waals surface area contributed by atoms with Crippen LogP contribution in [0.2, 0.25) is 0 Å². The quantitative estimate of drug-likeness (QED) is 0.465. The van der Waals surface area contributed by atoms with E-state index in [2.05, 4.69) is 22.3 Å². The second-order valence-electron chi connectivity index (χ2n) is 8.50. The van der Waals surface area contributed by atoms with Gasteiger partial charge in [-0.25, -0.2) is 0 Å². The van der Waals surface area contributed by atoms with Crippen molar-refractivity contribution in [3.05, 3.63) is 66.7 Å². The highest BCUT2D eigenvalue weighted by Gasteiger charge is 2.34. The molecular formula is C26H29N3O4S. The normalized spacial score (nSPS) is 20.1. The van der Waals surface area contributed by atoms with Gasteiger partial charge in [-0.1, -0.05) is 36.4 Å². The summed E-state index contributed by atoms with van der Waals surface area (Å²) in [4.78, 5) is 42.0. The van der Waals surface area contributed by atoms with Crippen LogP contribution in [0.25, 0.3) is 0 Å². The molecule has 0 aromatic heterocycles. The van der Waals surface area contributed by atoms with Gasteiger partial charge in [-0.15, -0.1) is 11.8 Å². The molecule has 178 valence electrons. The fourth-order valence-electron chi connectivity index (χ4n) is 4.36. The number of piperazine rings is 1. The van der Waals surface area contributed by atoms with Crippen molar-refractivity contribution in [1.29, 1.82) is 0 Å². The summed E-state index contributed by atoms with van der Waals surface area (Å²) in [5.74, 6) is -2.09. The zero-order chi connectivity index (χ0) is 23.9. The topological polar surface area (TPSA) is 89.9 Å². The number of carboxylic acid groups (broad SMARTS) is 1. The lowest BCUT2D eigenvalue weighted by Crippen LogP contribution is -2.49. The van der Waals surface area contributed by atoms with Crippen LogP contribution in [0, 0.1) is 11.8 Å². The van der Waals surface area contributed by atoms with Crippen molar-refractivity contribution in [2.24, 2.45) is 11.8 Å². The number of thioether (sulfide) groups is 1. The predicted molar refractivity (Wildman–Crippen MR) is 134 cm³/mol. The Hall–Kier alpha value is -3.26. The van der Waals surface area contributed by atoms with Crippen molar-refractivity contribution >= 4 is 40.9 Å². The van der Waals surface area contributed by atoms with Gasteiger partial charge in [-0.2, -0.15) is 0 Å². The van der Waals surface area contributed by atoms with Crippen molar-refractivity contribution < 1.29 is 19.5 Å². The smallest absolute Gasteiger partial charge is 0.307 e. The first-order valence-electron chi connectivity index (χ1n) is 11.5. The van der Waals surface area contributed by atoms with Gasteiger partial charge in [0.15, 0.2) is 0 Å². The zero-order valence-corrected chi connectivity index (χ0v) is 19.7. The average Bonchev–Trinajstić information content (AvgIpc) is 2.88. The lowest BCUT2D eigenvalue weighted by Gasteiger charge is -2.36. The number of carboxylic acids is 1. The first-order valence-corrected chi connectivity index (χ1v) is 12.5. The average molecular weight is 480 g/mol. The highest BCUT2D eigenvalue weighted by atomic mass is 32.2. The first-order chi connectivity index (χ1) is 16.5. The summed E-state index contributed by atoms with van der Waals surface area (Å²) in [5, 5.41) is 12.3. The Kier molecular flexibility index (Phi) is 7.90. The number of hydrogen-bond acceptors (Lipinski definition) is 5. The molecule has 1 fully saturated rings. The number of aliphatic carboxylic acids is 1. The van der Waals surface area contributed by atoms with Crippen molar-refractivity contribution in [3.8, 4) is 0 Å². The lowest BCUT2D eigenvalue weighted by molar-refractivity contribution is -0.146. The minimum absolute atomic E-state index is 0.102. The van der Waals surface area contributed by atoms with E-state index in [1.165, 1.54) is 17.4 Å². The highest BCUT2D eigenvalue weighted by molar-refractivity contribution is 8.00. The van der Waals surface area contributed by atoms with E-state index < -0.39 is 17.8 Å². The molecule has 0 spiro atoms. The van der Waals surface area contributed by atoms with Gasteiger partial charge in [0.25, 0.3) is 0 Å². The van der Waals surface area contributed by atoms with Crippen LogP contribution in [-0.4, -0.2) is 59.7 Å². The monoisotopic (exact) mass is 479 g/mol. The number of carbonyl (C=O) groups is 3. The minimum atomic E-state index is -0.947. The molecule has 8 heteroatoms. The van der Waals surface area contributed by atoms with Crippen LogP contribution in [0.5, 0.6) is 0 Å². The van der Waals surface area contributed by atoms with E-state index in [1.54, 1.807) is 6.07 Å². The van der Waals surface area contributed by atoms with Crippen LogP contribution in [0.3, 0.4) is 0 Å². The summed E-state index contributed by atoms with van der Waals surface area (Å²) >= 11 is 1.44. The van der Waals surface area contributed by atoms with Crippen molar-refractivity contribution in [2.75, 3.05) is 42.1 Å². The summed E-state index contributed by atoms with van der Waals surface area (Å²) in [6, 6.07) is 17.6. The molecule has 2 N–H and O–H groups in total. The molecule has 1 saturated heterocycles. The number of nitrogens with zero attached hydrogens (tertiary/aromatic N) is 2. The molecule has 34 heavy (non-hydrogen) atoms.